The van der Waals surface area contributed by atoms with Crippen molar-refractivity contribution in [3.63, 3.8) is 0 Å². The highest BCUT2D eigenvalue weighted by molar-refractivity contribution is 5.93. The Morgan fingerprint density at radius 2 is 1.10 bits per heavy atom. The summed E-state index contributed by atoms with van der Waals surface area (Å²) in [5.74, 6) is 0.298. The molecule has 0 saturated carbocycles. The maximum absolute atomic E-state index is 11.8. The maximum Gasteiger partial charge on any atom is 0.155 e. The van der Waals surface area contributed by atoms with Crippen molar-refractivity contribution in [3.05, 3.63) is 11.1 Å². The van der Waals surface area contributed by atoms with Crippen LogP contribution in [0, 0.1) is 0 Å². The van der Waals surface area contributed by atoms with E-state index in [1.54, 1.807) is 6.92 Å². The number of unbranched alkanes of at least 4 members (excludes halogenated alkanes) is 8. The van der Waals surface area contributed by atoms with Crippen molar-refractivity contribution >= 4 is 5.78 Å². The first-order valence-corrected chi connectivity index (χ1v) is 8.83. The summed E-state index contributed by atoms with van der Waals surface area (Å²) in [5, 5.41) is 0. The fourth-order valence-corrected chi connectivity index (χ4v) is 2.74. The topological polar surface area (TPSA) is 17.1 Å². The zero-order valence-electron chi connectivity index (χ0n) is 14.4. The van der Waals surface area contributed by atoms with Crippen LogP contribution in [0.2, 0.25) is 0 Å². The molecule has 0 unspecified atom stereocenters. The molecule has 1 nitrogen and oxygen atoms in total. The van der Waals surface area contributed by atoms with Gasteiger partial charge in [-0.2, -0.15) is 0 Å². The average Bonchev–Trinajstić information content (AvgIpc) is 2.42. The first-order chi connectivity index (χ1) is 9.63. The molecule has 0 N–H and O–H groups in total. The zero-order valence-corrected chi connectivity index (χ0v) is 14.4. The van der Waals surface area contributed by atoms with Gasteiger partial charge in [-0.3, -0.25) is 4.79 Å². The number of allylic oxidation sites excluding steroid dienone is 2. The van der Waals surface area contributed by atoms with Crippen LogP contribution in [0.1, 0.15) is 105 Å². The minimum atomic E-state index is 0.298. The van der Waals surface area contributed by atoms with Gasteiger partial charge in [0.25, 0.3) is 0 Å². The van der Waals surface area contributed by atoms with Gasteiger partial charge in [-0.25, -0.2) is 0 Å². The molecule has 0 aliphatic heterocycles. The second-order valence-corrected chi connectivity index (χ2v) is 6.14. The lowest BCUT2D eigenvalue weighted by atomic mass is 9.95. The molecule has 1 heteroatoms. The number of Topliss-reactive ketones (excluding diaryl/α,β-unsaturated/α-hetero) is 1. The van der Waals surface area contributed by atoms with Crippen molar-refractivity contribution in [3.8, 4) is 0 Å². The molecule has 20 heavy (non-hydrogen) atoms. The van der Waals surface area contributed by atoms with Gasteiger partial charge in [0.1, 0.15) is 0 Å². The summed E-state index contributed by atoms with van der Waals surface area (Å²) in [6.07, 6.45) is 15.1. The minimum Gasteiger partial charge on any atom is -0.295 e. The van der Waals surface area contributed by atoms with Gasteiger partial charge in [0.2, 0.25) is 0 Å². The second kappa shape index (κ2) is 13.4. The number of carbonyl (C=O) groups excluding carboxylic acids is 1. The van der Waals surface area contributed by atoms with Crippen LogP contribution in [0.25, 0.3) is 0 Å². The van der Waals surface area contributed by atoms with Crippen LogP contribution in [0.4, 0.5) is 0 Å². The van der Waals surface area contributed by atoms with E-state index in [1.165, 1.54) is 69.8 Å². The summed E-state index contributed by atoms with van der Waals surface area (Å²) in [5.41, 5.74) is 2.47. The van der Waals surface area contributed by atoms with E-state index >= 15 is 0 Å². The molecule has 0 bridgehead atoms. The molecule has 0 atom stereocenters. The summed E-state index contributed by atoms with van der Waals surface area (Å²) in [6, 6.07) is 0. The predicted octanol–water partition coefficient (Wildman–Crippen LogP) is 6.61. The summed E-state index contributed by atoms with van der Waals surface area (Å²) in [7, 11) is 0. The van der Waals surface area contributed by atoms with Crippen LogP contribution in [0.5, 0.6) is 0 Å². The van der Waals surface area contributed by atoms with Crippen molar-refractivity contribution in [1.29, 1.82) is 0 Å². The molecule has 118 valence electrons. The molecular weight excluding hydrogens is 244 g/mol. The summed E-state index contributed by atoms with van der Waals surface area (Å²) in [4.78, 5) is 11.8. The van der Waals surface area contributed by atoms with Crippen molar-refractivity contribution in [2.24, 2.45) is 0 Å². The Balaban J connectivity index is 4.05. The Morgan fingerprint density at radius 3 is 1.55 bits per heavy atom. The third-order valence-corrected chi connectivity index (χ3v) is 4.13. The van der Waals surface area contributed by atoms with Crippen LogP contribution < -0.4 is 0 Å². The Kier molecular flexibility index (Phi) is 13.0. The first-order valence-electron chi connectivity index (χ1n) is 8.83. The quantitative estimate of drug-likeness (QED) is 0.274. The minimum absolute atomic E-state index is 0.298. The third kappa shape index (κ3) is 10.2. The molecule has 0 heterocycles. The molecule has 0 rings (SSSR count). The first kappa shape index (κ1) is 19.4. The Hall–Kier alpha value is -0.590. The predicted molar refractivity (Wildman–Crippen MR) is 90.1 cm³/mol. The molecule has 0 spiro atoms. The fraction of sp³-hybridized carbons (Fsp3) is 0.842. The van der Waals surface area contributed by atoms with E-state index in [1.807, 2.05) is 0 Å². The average molecular weight is 280 g/mol. The molecule has 0 fully saturated rings. The highest BCUT2D eigenvalue weighted by Crippen LogP contribution is 2.20. The highest BCUT2D eigenvalue weighted by atomic mass is 16.1. The molecule has 0 aliphatic carbocycles. The monoisotopic (exact) mass is 280 g/mol. The fourth-order valence-electron chi connectivity index (χ4n) is 2.74. The molecule has 0 aromatic rings. The summed E-state index contributed by atoms with van der Waals surface area (Å²) >= 11 is 0. The van der Waals surface area contributed by atoms with Crippen LogP contribution >= 0.6 is 0 Å². The maximum atomic E-state index is 11.8. The molecule has 0 radical (unpaired) electrons. The van der Waals surface area contributed by atoms with E-state index in [2.05, 4.69) is 20.8 Å². The molecule has 0 amide bonds. The lowest BCUT2D eigenvalue weighted by Crippen LogP contribution is -2.01. The normalized spacial score (nSPS) is 12.4. The number of rotatable bonds is 13. The molecular formula is C19H36O. The van der Waals surface area contributed by atoms with Gasteiger partial charge in [-0.05, 0) is 45.1 Å². The SMILES string of the molecule is CCCCCCC/C(C)=C(\CCCCCCC)C(C)=O. The number of hydrogen-bond acceptors (Lipinski definition) is 1. The highest BCUT2D eigenvalue weighted by Gasteiger charge is 2.08. The summed E-state index contributed by atoms with van der Waals surface area (Å²) < 4.78 is 0. The van der Waals surface area contributed by atoms with Gasteiger partial charge in [0, 0.05) is 0 Å². The smallest absolute Gasteiger partial charge is 0.155 e. The molecule has 0 aromatic carbocycles. The van der Waals surface area contributed by atoms with Crippen LogP contribution in [-0.4, -0.2) is 5.78 Å². The van der Waals surface area contributed by atoms with Crippen molar-refractivity contribution < 1.29 is 4.79 Å². The Labute approximate surface area is 127 Å². The lowest BCUT2D eigenvalue weighted by molar-refractivity contribution is -0.113. The van der Waals surface area contributed by atoms with Gasteiger partial charge >= 0.3 is 0 Å². The van der Waals surface area contributed by atoms with E-state index < -0.39 is 0 Å². The van der Waals surface area contributed by atoms with Crippen molar-refractivity contribution in [2.75, 3.05) is 0 Å². The third-order valence-electron chi connectivity index (χ3n) is 4.13. The standard InChI is InChI=1S/C19H36O/c1-5-7-9-11-13-15-17(3)19(18(4)20)16-14-12-10-8-6-2/h5-16H2,1-4H3/b19-17+. The van der Waals surface area contributed by atoms with Crippen LogP contribution in [0.15, 0.2) is 11.1 Å². The Morgan fingerprint density at radius 1 is 0.650 bits per heavy atom. The van der Waals surface area contributed by atoms with E-state index in [-0.39, 0.29) is 0 Å². The summed E-state index contributed by atoms with van der Waals surface area (Å²) in [6.45, 7) is 8.39. The molecule has 0 aromatic heterocycles. The van der Waals surface area contributed by atoms with Crippen LogP contribution in [0.3, 0.4) is 0 Å². The van der Waals surface area contributed by atoms with E-state index in [4.69, 9.17) is 0 Å². The Bertz CT molecular complexity index is 275. The van der Waals surface area contributed by atoms with Gasteiger partial charge in [0.15, 0.2) is 5.78 Å². The van der Waals surface area contributed by atoms with Crippen molar-refractivity contribution in [1.82, 2.24) is 0 Å². The van der Waals surface area contributed by atoms with Crippen molar-refractivity contribution in [2.45, 2.75) is 105 Å². The van der Waals surface area contributed by atoms with Gasteiger partial charge in [0.05, 0.1) is 0 Å². The number of ketones is 1. The van der Waals surface area contributed by atoms with Gasteiger partial charge in [-0.1, -0.05) is 70.8 Å². The molecule has 0 saturated heterocycles. The number of hydrogen-bond donors (Lipinski definition) is 0. The van der Waals surface area contributed by atoms with Gasteiger partial charge in [-0.15, -0.1) is 0 Å². The zero-order chi connectivity index (χ0) is 15.2. The second-order valence-electron chi connectivity index (χ2n) is 6.14. The van der Waals surface area contributed by atoms with E-state index in [9.17, 15) is 4.79 Å². The largest absolute Gasteiger partial charge is 0.295 e. The van der Waals surface area contributed by atoms with Crippen LogP contribution in [-0.2, 0) is 4.79 Å². The number of carbonyl (C=O) groups is 1. The van der Waals surface area contributed by atoms with E-state index in [0.29, 0.717) is 5.78 Å². The van der Waals surface area contributed by atoms with Gasteiger partial charge < -0.3 is 0 Å². The molecule has 0 aliphatic rings. The van der Waals surface area contributed by atoms with E-state index in [0.717, 1.165) is 18.4 Å². The lowest BCUT2D eigenvalue weighted by Gasteiger charge is -2.10.